The second-order valence-corrected chi connectivity index (χ2v) is 5.74. The van der Waals surface area contributed by atoms with Crippen molar-refractivity contribution in [2.75, 3.05) is 42.6 Å². The van der Waals surface area contributed by atoms with Gasteiger partial charge in [0, 0.05) is 31.0 Å². The largest absolute Gasteiger partial charge is 0.372 e. The molecule has 0 radical (unpaired) electrons. The number of nitrogens with zero attached hydrogens (tertiary/aromatic N) is 2. The number of carbonyl (C=O) groups is 1. The number of benzene rings is 1. The van der Waals surface area contributed by atoms with E-state index >= 15 is 0 Å². The molecule has 2 aliphatic rings. The van der Waals surface area contributed by atoms with Gasteiger partial charge in [-0.1, -0.05) is 0 Å². The molecular weight excluding hydrogens is 266 g/mol. The first-order valence-electron chi connectivity index (χ1n) is 7.75. The number of morpholine rings is 1. The molecule has 1 atom stereocenters. The van der Waals surface area contributed by atoms with E-state index < -0.39 is 0 Å². The molecule has 114 valence electrons. The van der Waals surface area contributed by atoms with Gasteiger partial charge in [0.25, 0.3) is 5.91 Å². The van der Waals surface area contributed by atoms with Crippen LogP contribution in [0.5, 0.6) is 0 Å². The molecule has 21 heavy (non-hydrogen) atoms. The molecule has 0 saturated carbocycles. The maximum Gasteiger partial charge on any atom is 0.253 e. The smallest absolute Gasteiger partial charge is 0.253 e. The Balaban J connectivity index is 1.72. The van der Waals surface area contributed by atoms with Gasteiger partial charge in [0.05, 0.1) is 12.6 Å². The SMILES string of the molecule is NCC1CN(c2ccc(N3CCCCC3)cc2)C(=O)CO1. The van der Waals surface area contributed by atoms with Crippen molar-refractivity contribution in [3.63, 3.8) is 0 Å². The Bertz CT molecular complexity index is 483. The third-order valence-electron chi connectivity index (χ3n) is 4.28. The van der Waals surface area contributed by atoms with Crippen molar-refractivity contribution in [3.8, 4) is 0 Å². The van der Waals surface area contributed by atoms with Crippen LogP contribution in [0.1, 0.15) is 19.3 Å². The van der Waals surface area contributed by atoms with Gasteiger partial charge in [0.15, 0.2) is 0 Å². The third-order valence-corrected chi connectivity index (χ3v) is 4.28. The predicted molar refractivity (Wildman–Crippen MR) is 83.7 cm³/mol. The van der Waals surface area contributed by atoms with Crippen molar-refractivity contribution in [3.05, 3.63) is 24.3 Å². The van der Waals surface area contributed by atoms with E-state index in [1.165, 1.54) is 24.9 Å². The summed E-state index contributed by atoms with van der Waals surface area (Å²) in [6.45, 7) is 3.36. The summed E-state index contributed by atoms with van der Waals surface area (Å²) in [7, 11) is 0. The fourth-order valence-electron chi connectivity index (χ4n) is 3.01. The molecule has 1 unspecified atom stereocenters. The van der Waals surface area contributed by atoms with Crippen LogP contribution in [-0.4, -0.2) is 44.8 Å². The lowest BCUT2D eigenvalue weighted by molar-refractivity contribution is -0.128. The Kier molecular flexibility index (Phi) is 4.41. The van der Waals surface area contributed by atoms with Crippen LogP contribution < -0.4 is 15.5 Å². The number of carbonyl (C=O) groups excluding carboxylic acids is 1. The minimum Gasteiger partial charge on any atom is -0.372 e. The van der Waals surface area contributed by atoms with Crippen molar-refractivity contribution in [2.45, 2.75) is 25.4 Å². The number of nitrogens with two attached hydrogens (primary N) is 1. The number of rotatable bonds is 3. The molecule has 5 heteroatoms. The Morgan fingerprint density at radius 2 is 1.76 bits per heavy atom. The molecule has 3 rings (SSSR count). The molecule has 1 aromatic rings. The van der Waals surface area contributed by atoms with Crippen LogP contribution in [-0.2, 0) is 9.53 Å². The van der Waals surface area contributed by atoms with Gasteiger partial charge >= 0.3 is 0 Å². The first kappa shape index (κ1) is 14.4. The number of ether oxygens (including phenoxy) is 1. The van der Waals surface area contributed by atoms with Crippen molar-refractivity contribution >= 4 is 17.3 Å². The number of piperidine rings is 1. The van der Waals surface area contributed by atoms with Crippen LogP contribution in [0, 0.1) is 0 Å². The van der Waals surface area contributed by atoms with E-state index in [1.54, 1.807) is 4.90 Å². The minimum absolute atomic E-state index is 0.00502. The first-order valence-corrected chi connectivity index (χ1v) is 7.75. The van der Waals surface area contributed by atoms with Crippen molar-refractivity contribution in [1.82, 2.24) is 0 Å². The molecule has 5 nitrogen and oxygen atoms in total. The van der Waals surface area contributed by atoms with Gasteiger partial charge in [0.1, 0.15) is 6.61 Å². The minimum atomic E-state index is -0.0653. The zero-order chi connectivity index (χ0) is 14.7. The van der Waals surface area contributed by atoms with E-state index in [2.05, 4.69) is 17.0 Å². The summed E-state index contributed by atoms with van der Waals surface area (Å²) in [4.78, 5) is 16.2. The Labute approximate surface area is 125 Å². The first-order chi connectivity index (χ1) is 10.3. The lowest BCUT2D eigenvalue weighted by Crippen LogP contribution is -2.49. The predicted octanol–water partition coefficient (Wildman–Crippen LogP) is 1.37. The summed E-state index contributed by atoms with van der Waals surface area (Å²) in [5, 5.41) is 0. The number of anilines is 2. The van der Waals surface area contributed by atoms with Gasteiger partial charge in [-0.2, -0.15) is 0 Å². The highest BCUT2D eigenvalue weighted by molar-refractivity contribution is 5.95. The average Bonchev–Trinajstić information content (AvgIpc) is 2.56. The number of hydrogen-bond donors (Lipinski definition) is 1. The van der Waals surface area contributed by atoms with E-state index in [1.807, 2.05) is 12.1 Å². The third kappa shape index (κ3) is 3.19. The Morgan fingerprint density at radius 3 is 2.43 bits per heavy atom. The molecule has 2 N–H and O–H groups in total. The lowest BCUT2D eigenvalue weighted by Gasteiger charge is -2.33. The highest BCUT2D eigenvalue weighted by Gasteiger charge is 2.26. The van der Waals surface area contributed by atoms with Crippen LogP contribution in [0.2, 0.25) is 0 Å². The Morgan fingerprint density at radius 1 is 1.10 bits per heavy atom. The quantitative estimate of drug-likeness (QED) is 0.913. The van der Waals surface area contributed by atoms with Gasteiger partial charge in [-0.3, -0.25) is 4.79 Å². The maximum atomic E-state index is 12.0. The molecule has 2 fully saturated rings. The average molecular weight is 289 g/mol. The van der Waals surface area contributed by atoms with Crippen molar-refractivity contribution in [2.24, 2.45) is 5.73 Å². The normalized spacial score (nSPS) is 23.5. The second-order valence-electron chi connectivity index (χ2n) is 5.74. The lowest BCUT2D eigenvalue weighted by atomic mass is 10.1. The molecule has 2 heterocycles. The monoisotopic (exact) mass is 289 g/mol. The Hall–Kier alpha value is -1.59. The van der Waals surface area contributed by atoms with Gasteiger partial charge in [0.2, 0.25) is 0 Å². The topological polar surface area (TPSA) is 58.8 Å². The molecule has 0 spiro atoms. The fraction of sp³-hybridized carbons (Fsp3) is 0.562. The van der Waals surface area contributed by atoms with Crippen LogP contribution in [0.25, 0.3) is 0 Å². The summed E-state index contributed by atoms with van der Waals surface area (Å²) >= 11 is 0. The summed E-state index contributed by atoms with van der Waals surface area (Å²) in [6.07, 6.45) is 3.80. The fourth-order valence-corrected chi connectivity index (χ4v) is 3.01. The van der Waals surface area contributed by atoms with Crippen LogP contribution >= 0.6 is 0 Å². The van der Waals surface area contributed by atoms with Gasteiger partial charge < -0.3 is 20.3 Å². The standard InChI is InChI=1S/C16H23N3O2/c17-10-15-11-19(16(20)12-21-15)14-6-4-13(5-7-14)18-8-2-1-3-9-18/h4-7,15H,1-3,8-12,17H2. The second kappa shape index (κ2) is 6.45. The molecular formula is C16H23N3O2. The molecule has 1 aromatic carbocycles. The van der Waals surface area contributed by atoms with E-state index in [0.29, 0.717) is 13.1 Å². The van der Waals surface area contributed by atoms with Gasteiger partial charge in [-0.25, -0.2) is 0 Å². The van der Waals surface area contributed by atoms with Gasteiger partial charge in [-0.15, -0.1) is 0 Å². The van der Waals surface area contributed by atoms with E-state index in [9.17, 15) is 4.79 Å². The van der Waals surface area contributed by atoms with Crippen molar-refractivity contribution in [1.29, 1.82) is 0 Å². The maximum absolute atomic E-state index is 12.0. The number of amides is 1. The summed E-state index contributed by atoms with van der Waals surface area (Å²) < 4.78 is 5.39. The summed E-state index contributed by atoms with van der Waals surface area (Å²) in [6, 6.07) is 8.28. The highest BCUT2D eigenvalue weighted by atomic mass is 16.5. The molecule has 1 amide bonds. The van der Waals surface area contributed by atoms with Crippen LogP contribution in [0.15, 0.2) is 24.3 Å². The molecule has 2 aliphatic heterocycles. The van der Waals surface area contributed by atoms with Crippen LogP contribution in [0.4, 0.5) is 11.4 Å². The van der Waals surface area contributed by atoms with E-state index in [0.717, 1.165) is 18.8 Å². The summed E-state index contributed by atoms with van der Waals surface area (Å²) in [5.74, 6) is 0.00502. The zero-order valence-electron chi connectivity index (χ0n) is 12.3. The van der Waals surface area contributed by atoms with E-state index in [4.69, 9.17) is 10.5 Å². The molecule has 0 aromatic heterocycles. The van der Waals surface area contributed by atoms with Crippen LogP contribution in [0.3, 0.4) is 0 Å². The van der Waals surface area contributed by atoms with Gasteiger partial charge in [-0.05, 0) is 43.5 Å². The number of hydrogen-bond acceptors (Lipinski definition) is 4. The zero-order valence-corrected chi connectivity index (χ0v) is 12.3. The highest BCUT2D eigenvalue weighted by Crippen LogP contribution is 2.25. The molecule has 0 bridgehead atoms. The van der Waals surface area contributed by atoms with Crippen molar-refractivity contribution < 1.29 is 9.53 Å². The van der Waals surface area contributed by atoms with E-state index in [-0.39, 0.29) is 18.6 Å². The molecule has 2 saturated heterocycles. The molecule has 0 aliphatic carbocycles. The summed E-state index contributed by atoms with van der Waals surface area (Å²) in [5.41, 5.74) is 7.82.